The number of hydrogen-bond acceptors (Lipinski definition) is 6. The van der Waals surface area contributed by atoms with Crippen molar-refractivity contribution in [2.75, 3.05) is 67.1 Å². The minimum absolute atomic E-state index is 0.754. The van der Waals surface area contributed by atoms with Gasteiger partial charge in [0.2, 0.25) is 0 Å². The van der Waals surface area contributed by atoms with Crippen molar-refractivity contribution in [1.29, 1.82) is 0 Å². The standard InChI is InChI=1S/C12H29N3O3Si/c1-16-19(17-2,18-3)12-4-6-14-8-10-15(7-5-13)11-9-14/h4-13H2,1-3H3. The highest BCUT2D eigenvalue weighted by molar-refractivity contribution is 6.60. The van der Waals surface area contributed by atoms with Gasteiger partial charge in [-0.15, -0.1) is 0 Å². The number of rotatable bonds is 9. The fourth-order valence-corrected chi connectivity index (χ4v) is 4.20. The summed E-state index contributed by atoms with van der Waals surface area (Å²) in [5, 5.41) is 0. The van der Waals surface area contributed by atoms with E-state index in [1.54, 1.807) is 21.3 Å². The van der Waals surface area contributed by atoms with Crippen LogP contribution in [-0.4, -0.2) is 85.7 Å². The summed E-state index contributed by atoms with van der Waals surface area (Å²) in [7, 11) is 2.63. The summed E-state index contributed by atoms with van der Waals surface area (Å²) in [6, 6.07) is 0.875. The fraction of sp³-hybridized carbons (Fsp3) is 1.00. The average molecular weight is 291 g/mol. The van der Waals surface area contributed by atoms with Gasteiger partial charge in [0.1, 0.15) is 0 Å². The molecule has 0 atom stereocenters. The summed E-state index contributed by atoms with van der Waals surface area (Å²) < 4.78 is 16.3. The zero-order chi connectivity index (χ0) is 14.1. The molecule has 0 aromatic heterocycles. The van der Waals surface area contributed by atoms with Gasteiger partial charge in [0, 0.05) is 66.6 Å². The SMILES string of the molecule is CO[Si](CCCN1CCN(CCN)CC1)(OC)OC. The lowest BCUT2D eigenvalue weighted by Crippen LogP contribution is -2.48. The predicted octanol–water partition coefficient (Wildman–Crippen LogP) is -0.169. The average Bonchev–Trinajstić information content (AvgIpc) is 2.46. The van der Waals surface area contributed by atoms with Crippen molar-refractivity contribution in [3.8, 4) is 0 Å². The molecule has 0 spiro atoms. The number of nitrogens with two attached hydrogens (primary N) is 1. The van der Waals surface area contributed by atoms with Gasteiger partial charge in [-0.25, -0.2) is 0 Å². The zero-order valence-electron chi connectivity index (χ0n) is 12.6. The molecule has 6 nitrogen and oxygen atoms in total. The Morgan fingerprint density at radius 2 is 1.37 bits per heavy atom. The van der Waals surface area contributed by atoms with E-state index in [4.69, 9.17) is 19.0 Å². The topological polar surface area (TPSA) is 60.2 Å². The first kappa shape index (κ1) is 17.0. The van der Waals surface area contributed by atoms with Gasteiger partial charge >= 0.3 is 8.80 Å². The quantitative estimate of drug-likeness (QED) is 0.595. The number of piperazine rings is 1. The maximum atomic E-state index is 5.58. The Bertz CT molecular complexity index is 226. The molecule has 1 rings (SSSR count). The Hall–Kier alpha value is -0.0231. The molecule has 2 N–H and O–H groups in total. The monoisotopic (exact) mass is 291 g/mol. The second-order valence-electron chi connectivity index (χ2n) is 4.87. The molecule has 19 heavy (non-hydrogen) atoms. The van der Waals surface area contributed by atoms with Gasteiger partial charge in [-0.05, 0) is 13.0 Å². The Kier molecular flexibility index (Phi) is 8.08. The van der Waals surface area contributed by atoms with Gasteiger partial charge in [0.25, 0.3) is 0 Å². The molecule has 7 heteroatoms. The molecule has 114 valence electrons. The van der Waals surface area contributed by atoms with Gasteiger partial charge in [-0.2, -0.15) is 0 Å². The van der Waals surface area contributed by atoms with Crippen molar-refractivity contribution < 1.29 is 13.3 Å². The highest BCUT2D eigenvalue weighted by Crippen LogP contribution is 2.15. The molecule has 1 heterocycles. The number of nitrogens with zero attached hydrogens (tertiary/aromatic N) is 2. The molecule has 0 amide bonds. The van der Waals surface area contributed by atoms with Crippen molar-refractivity contribution in [3.63, 3.8) is 0 Å². The second-order valence-corrected chi connectivity index (χ2v) is 7.96. The third kappa shape index (κ3) is 5.47. The van der Waals surface area contributed by atoms with E-state index >= 15 is 0 Å². The Morgan fingerprint density at radius 3 is 1.79 bits per heavy atom. The molecule has 1 aliphatic rings. The zero-order valence-corrected chi connectivity index (χ0v) is 13.6. The van der Waals surface area contributed by atoms with E-state index in [2.05, 4.69) is 9.80 Å². The van der Waals surface area contributed by atoms with E-state index in [9.17, 15) is 0 Å². The third-order valence-corrected chi connectivity index (χ3v) is 6.63. The minimum atomic E-state index is -2.38. The van der Waals surface area contributed by atoms with Crippen LogP contribution >= 0.6 is 0 Å². The molecule has 0 unspecified atom stereocenters. The maximum absolute atomic E-state index is 5.58. The van der Waals surface area contributed by atoms with Crippen molar-refractivity contribution in [1.82, 2.24) is 9.80 Å². The van der Waals surface area contributed by atoms with Crippen LogP contribution in [0.5, 0.6) is 0 Å². The van der Waals surface area contributed by atoms with Gasteiger partial charge in [0.15, 0.2) is 0 Å². The molecule has 0 aliphatic carbocycles. The van der Waals surface area contributed by atoms with E-state index in [0.29, 0.717) is 0 Å². The van der Waals surface area contributed by atoms with Crippen molar-refractivity contribution in [2.24, 2.45) is 5.73 Å². The summed E-state index contributed by atoms with van der Waals surface area (Å²) in [5.41, 5.74) is 5.58. The molecule has 0 bridgehead atoms. The van der Waals surface area contributed by atoms with E-state index in [0.717, 1.165) is 58.3 Å². The van der Waals surface area contributed by atoms with E-state index in [1.807, 2.05) is 0 Å². The van der Waals surface area contributed by atoms with E-state index in [1.165, 1.54) is 0 Å². The van der Waals surface area contributed by atoms with Crippen LogP contribution in [0.1, 0.15) is 6.42 Å². The maximum Gasteiger partial charge on any atom is 0.500 e. The lowest BCUT2D eigenvalue weighted by molar-refractivity contribution is 0.114. The summed E-state index contributed by atoms with van der Waals surface area (Å²) in [6.45, 7) is 7.35. The highest BCUT2D eigenvalue weighted by atomic mass is 28.4. The Labute approximate surface area is 118 Å². The molecule has 1 aliphatic heterocycles. The lowest BCUT2D eigenvalue weighted by atomic mass is 10.3. The van der Waals surface area contributed by atoms with Gasteiger partial charge in [0.05, 0.1) is 0 Å². The highest BCUT2D eigenvalue weighted by Gasteiger charge is 2.37. The van der Waals surface area contributed by atoms with Crippen LogP contribution in [-0.2, 0) is 13.3 Å². The van der Waals surface area contributed by atoms with Crippen LogP contribution in [0, 0.1) is 0 Å². The second kappa shape index (κ2) is 9.01. The molecule has 0 saturated carbocycles. The van der Waals surface area contributed by atoms with Crippen molar-refractivity contribution in [3.05, 3.63) is 0 Å². The summed E-state index contributed by atoms with van der Waals surface area (Å²) in [6.07, 6.45) is 1.05. The Morgan fingerprint density at radius 1 is 0.895 bits per heavy atom. The molecule has 1 fully saturated rings. The summed E-state index contributed by atoms with van der Waals surface area (Å²) >= 11 is 0. The smallest absolute Gasteiger partial charge is 0.377 e. The van der Waals surface area contributed by atoms with Gasteiger partial charge in [-0.3, -0.25) is 4.90 Å². The van der Waals surface area contributed by atoms with Crippen LogP contribution in [0.3, 0.4) is 0 Å². The van der Waals surface area contributed by atoms with Crippen LogP contribution < -0.4 is 5.73 Å². The third-order valence-electron chi connectivity index (χ3n) is 3.80. The molecule has 0 radical (unpaired) electrons. The van der Waals surface area contributed by atoms with Gasteiger partial charge in [-0.1, -0.05) is 0 Å². The number of hydrogen-bond donors (Lipinski definition) is 1. The molecular weight excluding hydrogens is 262 g/mol. The first-order chi connectivity index (χ1) is 9.19. The van der Waals surface area contributed by atoms with Crippen LogP contribution in [0.15, 0.2) is 0 Å². The van der Waals surface area contributed by atoms with Crippen LogP contribution in [0.4, 0.5) is 0 Å². The van der Waals surface area contributed by atoms with E-state index in [-0.39, 0.29) is 0 Å². The molecule has 0 aromatic carbocycles. The Balaban J connectivity index is 2.20. The molecular formula is C12H29N3O3Si. The van der Waals surface area contributed by atoms with Crippen LogP contribution in [0.25, 0.3) is 0 Å². The fourth-order valence-electron chi connectivity index (χ4n) is 2.49. The van der Waals surface area contributed by atoms with Gasteiger partial charge < -0.3 is 23.9 Å². The van der Waals surface area contributed by atoms with Crippen LogP contribution in [0.2, 0.25) is 6.04 Å². The van der Waals surface area contributed by atoms with E-state index < -0.39 is 8.80 Å². The molecule has 0 aromatic rings. The predicted molar refractivity (Wildman–Crippen MR) is 78.1 cm³/mol. The summed E-state index contributed by atoms with van der Waals surface area (Å²) in [4.78, 5) is 4.92. The lowest BCUT2D eigenvalue weighted by Gasteiger charge is -2.34. The first-order valence-electron chi connectivity index (χ1n) is 7.00. The van der Waals surface area contributed by atoms with Crippen molar-refractivity contribution in [2.45, 2.75) is 12.5 Å². The first-order valence-corrected chi connectivity index (χ1v) is 8.93. The summed E-state index contributed by atoms with van der Waals surface area (Å²) in [5.74, 6) is 0. The largest absolute Gasteiger partial charge is 0.500 e. The minimum Gasteiger partial charge on any atom is -0.377 e. The normalized spacial score (nSPS) is 18.9. The molecule has 1 saturated heterocycles. The van der Waals surface area contributed by atoms with Crippen molar-refractivity contribution >= 4 is 8.80 Å².